The van der Waals surface area contributed by atoms with E-state index in [1.807, 2.05) is 0 Å². The summed E-state index contributed by atoms with van der Waals surface area (Å²) in [6.07, 6.45) is 7.93. The Morgan fingerprint density at radius 2 is 1.62 bits per heavy atom. The van der Waals surface area contributed by atoms with E-state index < -0.39 is 11.4 Å². The van der Waals surface area contributed by atoms with Crippen LogP contribution in [0, 0.1) is 5.41 Å². The standard InChI is InChI=1S/C16H33NO4/c1-3-5-6-7-8-9-10-17-11-12-21-15(20)16(4-2,13-18)14-19/h17-19H,3-14H2,1-2H3. The van der Waals surface area contributed by atoms with E-state index in [9.17, 15) is 15.0 Å². The molecular formula is C16H33NO4. The molecule has 0 saturated heterocycles. The fourth-order valence-corrected chi connectivity index (χ4v) is 2.07. The van der Waals surface area contributed by atoms with Crippen LogP contribution in [0.15, 0.2) is 0 Å². The zero-order valence-electron chi connectivity index (χ0n) is 13.7. The second-order valence-corrected chi connectivity index (χ2v) is 5.60. The Morgan fingerprint density at radius 1 is 1.00 bits per heavy atom. The van der Waals surface area contributed by atoms with Crippen molar-refractivity contribution >= 4 is 5.97 Å². The van der Waals surface area contributed by atoms with Crippen molar-refractivity contribution < 1.29 is 19.7 Å². The summed E-state index contributed by atoms with van der Waals surface area (Å²) in [6.45, 7) is 5.01. The molecule has 0 unspecified atom stereocenters. The molecule has 0 aliphatic heterocycles. The van der Waals surface area contributed by atoms with Gasteiger partial charge in [-0.05, 0) is 19.4 Å². The van der Waals surface area contributed by atoms with E-state index in [0.717, 1.165) is 13.0 Å². The second kappa shape index (κ2) is 13.0. The van der Waals surface area contributed by atoms with E-state index in [1.165, 1.54) is 32.1 Å². The lowest BCUT2D eigenvalue weighted by molar-refractivity contribution is -0.161. The highest BCUT2D eigenvalue weighted by molar-refractivity contribution is 5.77. The minimum Gasteiger partial charge on any atom is -0.464 e. The fraction of sp³-hybridized carbons (Fsp3) is 0.938. The molecule has 5 heteroatoms. The quantitative estimate of drug-likeness (QED) is 0.337. The Kier molecular flexibility index (Phi) is 12.6. The van der Waals surface area contributed by atoms with Gasteiger partial charge in [0, 0.05) is 6.54 Å². The number of carbonyl (C=O) groups is 1. The van der Waals surface area contributed by atoms with Gasteiger partial charge in [0.15, 0.2) is 0 Å². The predicted octanol–water partition coefficient (Wildman–Crippen LogP) is 1.86. The molecule has 0 aliphatic rings. The maximum atomic E-state index is 11.8. The number of ether oxygens (including phenoxy) is 1. The van der Waals surface area contributed by atoms with Gasteiger partial charge in [0.05, 0.1) is 13.2 Å². The lowest BCUT2D eigenvalue weighted by Gasteiger charge is -2.25. The Hall–Kier alpha value is -0.650. The summed E-state index contributed by atoms with van der Waals surface area (Å²) >= 11 is 0. The fourth-order valence-electron chi connectivity index (χ4n) is 2.07. The number of hydrogen-bond donors (Lipinski definition) is 3. The van der Waals surface area contributed by atoms with Crippen molar-refractivity contribution in [2.45, 2.75) is 58.8 Å². The van der Waals surface area contributed by atoms with Crippen LogP contribution in [-0.2, 0) is 9.53 Å². The third kappa shape index (κ3) is 8.39. The lowest BCUT2D eigenvalue weighted by atomic mass is 9.87. The Balaban J connectivity index is 3.56. The topological polar surface area (TPSA) is 78.8 Å². The van der Waals surface area contributed by atoms with E-state index in [4.69, 9.17) is 4.74 Å². The molecule has 0 aromatic heterocycles. The highest BCUT2D eigenvalue weighted by atomic mass is 16.5. The molecule has 0 radical (unpaired) electrons. The Labute approximate surface area is 129 Å². The van der Waals surface area contributed by atoms with Crippen LogP contribution in [0.1, 0.15) is 58.8 Å². The Bertz CT molecular complexity index is 246. The highest BCUT2D eigenvalue weighted by Crippen LogP contribution is 2.22. The number of rotatable bonds is 14. The zero-order chi connectivity index (χ0) is 16.0. The van der Waals surface area contributed by atoms with E-state index in [2.05, 4.69) is 12.2 Å². The van der Waals surface area contributed by atoms with Crippen molar-refractivity contribution in [3.8, 4) is 0 Å². The molecule has 0 bridgehead atoms. The molecule has 21 heavy (non-hydrogen) atoms. The third-order valence-corrected chi connectivity index (χ3v) is 3.93. The molecule has 0 aromatic carbocycles. The van der Waals surface area contributed by atoms with Gasteiger partial charge in [0.25, 0.3) is 0 Å². The first kappa shape index (κ1) is 20.3. The smallest absolute Gasteiger partial charge is 0.316 e. The number of carbonyl (C=O) groups excluding carboxylic acids is 1. The van der Waals surface area contributed by atoms with Crippen LogP contribution >= 0.6 is 0 Å². The van der Waals surface area contributed by atoms with Crippen LogP contribution in [0.2, 0.25) is 0 Å². The van der Waals surface area contributed by atoms with Crippen LogP contribution in [0.4, 0.5) is 0 Å². The minimum atomic E-state index is -1.15. The molecule has 0 spiro atoms. The molecule has 0 atom stereocenters. The molecule has 0 saturated carbocycles. The Morgan fingerprint density at radius 3 is 2.19 bits per heavy atom. The van der Waals surface area contributed by atoms with Gasteiger partial charge in [0.2, 0.25) is 0 Å². The SMILES string of the molecule is CCCCCCCCNCCOC(=O)C(CC)(CO)CO. The normalized spacial score (nSPS) is 11.6. The first-order chi connectivity index (χ1) is 10.2. The van der Waals surface area contributed by atoms with Gasteiger partial charge in [0.1, 0.15) is 12.0 Å². The van der Waals surface area contributed by atoms with Gasteiger partial charge in [-0.25, -0.2) is 0 Å². The number of esters is 1. The predicted molar refractivity (Wildman–Crippen MR) is 84.1 cm³/mol. The van der Waals surface area contributed by atoms with E-state index in [1.54, 1.807) is 6.92 Å². The molecule has 3 N–H and O–H groups in total. The molecule has 0 fully saturated rings. The van der Waals surface area contributed by atoms with Crippen molar-refractivity contribution in [1.29, 1.82) is 0 Å². The molecule has 5 nitrogen and oxygen atoms in total. The van der Waals surface area contributed by atoms with Crippen LogP contribution in [0.5, 0.6) is 0 Å². The van der Waals surface area contributed by atoms with Crippen LogP contribution in [0.25, 0.3) is 0 Å². The van der Waals surface area contributed by atoms with Crippen molar-refractivity contribution in [2.75, 3.05) is 32.9 Å². The largest absolute Gasteiger partial charge is 0.464 e. The number of aliphatic hydroxyl groups excluding tert-OH is 2. The average Bonchev–Trinajstić information content (AvgIpc) is 2.51. The maximum absolute atomic E-state index is 11.8. The van der Waals surface area contributed by atoms with Crippen LogP contribution < -0.4 is 5.32 Å². The second-order valence-electron chi connectivity index (χ2n) is 5.60. The zero-order valence-corrected chi connectivity index (χ0v) is 13.7. The van der Waals surface area contributed by atoms with E-state index in [-0.39, 0.29) is 19.8 Å². The number of unbranched alkanes of at least 4 members (excludes halogenated alkanes) is 5. The van der Waals surface area contributed by atoms with Gasteiger partial charge in [-0.15, -0.1) is 0 Å². The summed E-state index contributed by atoms with van der Waals surface area (Å²) in [5.41, 5.74) is -1.15. The van der Waals surface area contributed by atoms with Crippen molar-refractivity contribution in [1.82, 2.24) is 5.32 Å². The molecule has 0 rings (SSSR count). The van der Waals surface area contributed by atoms with Crippen LogP contribution in [-0.4, -0.2) is 49.1 Å². The highest BCUT2D eigenvalue weighted by Gasteiger charge is 2.37. The summed E-state index contributed by atoms with van der Waals surface area (Å²) in [6, 6.07) is 0. The first-order valence-electron chi connectivity index (χ1n) is 8.26. The van der Waals surface area contributed by atoms with Crippen molar-refractivity contribution in [3.63, 3.8) is 0 Å². The minimum absolute atomic E-state index is 0.274. The molecule has 0 aliphatic carbocycles. The van der Waals surface area contributed by atoms with Crippen LogP contribution in [0.3, 0.4) is 0 Å². The van der Waals surface area contributed by atoms with Gasteiger partial charge in [-0.2, -0.15) is 0 Å². The van der Waals surface area contributed by atoms with E-state index in [0.29, 0.717) is 13.0 Å². The number of aliphatic hydroxyl groups is 2. The van der Waals surface area contributed by atoms with Crippen molar-refractivity contribution in [3.05, 3.63) is 0 Å². The molecular weight excluding hydrogens is 270 g/mol. The molecule has 0 amide bonds. The van der Waals surface area contributed by atoms with Crippen molar-refractivity contribution in [2.24, 2.45) is 5.41 Å². The lowest BCUT2D eigenvalue weighted by Crippen LogP contribution is -2.40. The third-order valence-electron chi connectivity index (χ3n) is 3.93. The molecule has 0 aromatic rings. The molecule has 0 heterocycles. The summed E-state index contributed by atoms with van der Waals surface area (Å²) in [4.78, 5) is 11.8. The first-order valence-corrected chi connectivity index (χ1v) is 8.26. The summed E-state index contributed by atoms with van der Waals surface area (Å²) in [7, 11) is 0. The van der Waals surface area contributed by atoms with E-state index >= 15 is 0 Å². The van der Waals surface area contributed by atoms with Gasteiger partial charge in [-0.3, -0.25) is 4.79 Å². The molecule has 126 valence electrons. The maximum Gasteiger partial charge on any atom is 0.316 e. The van der Waals surface area contributed by atoms with Gasteiger partial charge >= 0.3 is 5.97 Å². The number of nitrogens with one attached hydrogen (secondary N) is 1. The van der Waals surface area contributed by atoms with Gasteiger partial charge < -0.3 is 20.3 Å². The number of hydrogen-bond acceptors (Lipinski definition) is 5. The average molecular weight is 303 g/mol. The van der Waals surface area contributed by atoms with Gasteiger partial charge in [-0.1, -0.05) is 46.0 Å². The summed E-state index contributed by atoms with van der Waals surface area (Å²) < 4.78 is 5.12. The monoisotopic (exact) mass is 303 g/mol. The summed E-state index contributed by atoms with van der Waals surface area (Å²) in [5, 5.41) is 21.7. The summed E-state index contributed by atoms with van der Waals surface area (Å²) in [5.74, 6) is -0.517.